The van der Waals surface area contributed by atoms with E-state index in [1.807, 2.05) is 6.07 Å². The maximum Gasteiger partial charge on any atom is 0.329 e. The van der Waals surface area contributed by atoms with E-state index in [1.165, 1.54) is 12.1 Å². The van der Waals surface area contributed by atoms with Crippen LogP contribution in [0.3, 0.4) is 0 Å². The summed E-state index contributed by atoms with van der Waals surface area (Å²) in [5.74, 6) is -1.83. The van der Waals surface area contributed by atoms with Crippen LogP contribution in [0.1, 0.15) is 23.2 Å². The SMILES string of the molecule is O=C(NC1(C(=O)O)CCOCC1)c1ccc(Nc2ccccc2)c([N+](=O)[O-])c1. The molecule has 0 unspecified atom stereocenters. The van der Waals surface area contributed by atoms with Gasteiger partial charge in [0.05, 0.1) is 4.92 Å². The second kappa shape index (κ2) is 8.05. The predicted molar refractivity (Wildman–Crippen MR) is 101 cm³/mol. The quantitative estimate of drug-likeness (QED) is 0.515. The number of nitro groups is 1. The molecule has 1 aliphatic heterocycles. The molecule has 1 amide bonds. The maximum atomic E-state index is 12.6. The Labute approximate surface area is 160 Å². The summed E-state index contributed by atoms with van der Waals surface area (Å²) in [6.45, 7) is 0.430. The summed E-state index contributed by atoms with van der Waals surface area (Å²) < 4.78 is 5.17. The van der Waals surface area contributed by atoms with E-state index in [9.17, 15) is 24.8 Å². The van der Waals surface area contributed by atoms with E-state index in [0.29, 0.717) is 5.69 Å². The van der Waals surface area contributed by atoms with Crippen LogP contribution >= 0.6 is 0 Å². The van der Waals surface area contributed by atoms with Crippen molar-refractivity contribution in [2.24, 2.45) is 0 Å². The number of hydrogen-bond donors (Lipinski definition) is 3. The molecule has 0 aliphatic carbocycles. The van der Waals surface area contributed by atoms with Gasteiger partial charge in [0.1, 0.15) is 11.2 Å². The minimum atomic E-state index is -1.44. The van der Waals surface area contributed by atoms with Crippen LogP contribution in [0.25, 0.3) is 0 Å². The molecule has 0 spiro atoms. The van der Waals surface area contributed by atoms with E-state index >= 15 is 0 Å². The summed E-state index contributed by atoms with van der Waals surface area (Å²) in [5.41, 5.74) is -0.822. The summed E-state index contributed by atoms with van der Waals surface area (Å²) in [7, 11) is 0. The number of anilines is 2. The zero-order valence-electron chi connectivity index (χ0n) is 14.9. The van der Waals surface area contributed by atoms with Gasteiger partial charge in [0.2, 0.25) is 0 Å². The lowest BCUT2D eigenvalue weighted by molar-refractivity contribution is -0.383. The molecule has 28 heavy (non-hydrogen) atoms. The molecule has 9 nitrogen and oxygen atoms in total. The average Bonchev–Trinajstić information content (AvgIpc) is 2.69. The molecule has 0 aromatic heterocycles. The zero-order valence-corrected chi connectivity index (χ0v) is 14.9. The fourth-order valence-electron chi connectivity index (χ4n) is 3.01. The van der Waals surface area contributed by atoms with E-state index in [-0.39, 0.29) is 43.0 Å². The van der Waals surface area contributed by atoms with Crippen LogP contribution in [0.5, 0.6) is 0 Å². The van der Waals surface area contributed by atoms with Crippen molar-refractivity contribution in [2.75, 3.05) is 18.5 Å². The monoisotopic (exact) mass is 385 g/mol. The van der Waals surface area contributed by atoms with Gasteiger partial charge in [-0.05, 0) is 24.3 Å². The van der Waals surface area contributed by atoms with Gasteiger partial charge >= 0.3 is 5.97 Å². The fraction of sp³-hybridized carbons (Fsp3) is 0.263. The zero-order chi connectivity index (χ0) is 20.1. The number of nitrogens with one attached hydrogen (secondary N) is 2. The van der Waals surface area contributed by atoms with Gasteiger partial charge in [-0.15, -0.1) is 0 Å². The highest BCUT2D eigenvalue weighted by Crippen LogP contribution is 2.29. The van der Waals surface area contributed by atoms with Gasteiger partial charge in [-0.3, -0.25) is 14.9 Å². The number of nitro benzene ring substituents is 1. The molecule has 1 heterocycles. The number of ether oxygens (including phenoxy) is 1. The smallest absolute Gasteiger partial charge is 0.329 e. The summed E-state index contributed by atoms with van der Waals surface area (Å²) in [6.07, 6.45) is 0.258. The largest absolute Gasteiger partial charge is 0.480 e. The van der Waals surface area contributed by atoms with Gasteiger partial charge in [0.15, 0.2) is 0 Å². The van der Waals surface area contributed by atoms with Crippen LogP contribution < -0.4 is 10.6 Å². The van der Waals surface area contributed by atoms with Crippen molar-refractivity contribution in [3.63, 3.8) is 0 Å². The first-order chi connectivity index (χ1) is 13.4. The molecule has 2 aromatic rings. The van der Waals surface area contributed by atoms with Crippen LogP contribution in [0.15, 0.2) is 48.5 Å². The lowest BCUT2D eigenvalue weighted by Crippen LogP contribution is -2.57. The summed E-state index contributed by atoms with van der Waals surface area (Å²) >= 11 is 0. The van der Waals surface area contributed by atoms with Gasteiger partial charge in [-0.1, -0.05) is 18.2 Å². The third-order valence-electron chi connectivity index (χ3n) is 4.62. The van der Waals surface area contributed by atoms with E-state index in [4.69, 9.17) is 4.74 Å². The Hall–Kier alpha value is -3.46. The minimum absolute atomic E-state index is 0.0115. The number of carbonyl (C=O) groups is 2. The van der Waals surface area contributed by atoms with Gasteiger partial charge < -0.3 is 20.5 Å². The number of nitrogens with zero attached hydrogens (tertiary/aromatic N) is 1. The number of amides is 1. The molecular weight excluding hydrogens is 366 g/mol. The van der Waals surface area contributed by atoms with Crippen molar-refractivity contribution in [1.29, 1.82) is 0 Å². The molecule has 1 aliphatic rings. The molecule has 0 radical (unpaired) electrons. The van der Waals surface area contributed by atoms with Crippen molar-refractivity contribution in [1.82, 2.24) is 5.32 Å². The Bertz CT molecular complexity index is 894. The summed E-state index contributed by atoms with van der Waals surface area (Å²) in [5, 5.41) is 26.5. The summed E-state index contributed by atoms with van der Waals surface area (Å²) in [4.78, 5) is 35.2. The minimum Gasteiger partial charge on any atom is -0.480 e. The highest BCUT2D eigenvalue weighted by atomic mass is 16.6. The first-order valence-corrected chi connectivity index (χ1v) is 8.65. The van der Waals surface area contributed by atoms with Crippen molar-refractivity contribution < 1.29 is 24.4 Å². The Morgan fingerprint density at radius 2 is 1.79 bits per heavy atom. The van der Waals surface area contributed by atoms with Crippen molar-refractivity contribution >= 4 is 28.9 Å². The van der Waals surface area contributed by atoms with Gasteiger partial charge in [0, 0.05) is 43.4 Å². The van der Waals surface area contributed by atoms with E-state index in [1.54, 1.807) is 24.3 Å². The van der Waals surface area contributed by atoms with Crippen LogP contribution in [0, 0.1) is 10.1 Å². The predicted octanol–water partition coefficient (Wildman–Crippen LogP) is 2.70. The number of carboxylic acids is 1. The number of benzene rings is 2. The molecular formula is C19H19N3O6. The van der Waals surface area contributed by atoms with Crippen LogP contribution in [-0.4, -0.2) is 40.7 Å². The highest BCUT2D eigenvalue weighted by Gasteiger charge is 2.41. The molecule has 0 atom stereocenters. The Balaban J connectivity index is 1.85. The number of para-hydroxylation sites is 1. The number of aliphatic carboxylic acids is 1. The van der Waals surface area contributed by atoms with Crippen LogP contribution in [0.2, 0.25) is 0 Å². The number of carboxylic acid groups (broad SMARTS) is 1. The maximum absolute atomic E-state index is 12.6. The summed E-state index contributed by atoms with van der Waals surface area (Å²) in [6, 6.07) is 12.9. The molecule has 1 saturated heterocycles. The molecule has 0 saturated carbocycles. The third-order valence-corrected chi connectivity index (χ3v) is 4.62. The Kier molecular flexibility index (Phi) is 5.55. The standard InChI is InChI=1S/C19H19N3O6/c23-17(21-19(18(24)25)8-10-28-11-9-19)13-6-7-15(16(12-13)22(26)27)20-14-4-2-1-3-5-14/h1-7,12,20H,8-11H2,(H,21,23)(H,24,25). The van der Waals surface area contributed by atoms with E-state index < -0.39 is 22.3 Å². The van der Waals surface area contributed by atoms with E-state index in [2.05, 4.69) is 10.6 Å². The van der Waals surface area contributed by atoms with Gasteiger partial charge in [-0.2, -0.15) is 0 Å². The number of rotatable bonds is 6. The molecule has 146 valence electrons. The molecule has 9 heteroatoms. The first kappa shape index (κ1) is 19.3. The lowest BCUT2D eigenvalue weighted by atomic mass is 9.89. The molecule has 0 bridgehead atoms. The molecule has 2 aromatic carbocycles. The number of hydrogen-bond acceptors (Lipinski definition) is 6. The van der Waals surface area contributed by atoms with Crippen LogP contribution in [0.4, 0.5) is 17.1 Å². The van der Waals surface area contributed by atoms with Crippen LogP contribution in [-0.2, 0) is 9.53 Å². The van der Waals surface area contributed by atoms with Crippen molar-refractivity contribution in [2.45, 2.75) is 18.4 Å². The average molecular weight is 385 g/mol. The fourth-order valence-corrected chi connectivity index (χ4v) is 3.01. The van der Waals surface area contributed by atoms with Gasteiger partial charge in [-0.25, -0.2) is 4.79 Å². The first-order valence-electron chi connectivity index (χ1n) is 8.65. The lowest BCUT2D eigenvalue weighted by Gasteiger charge is -2.33. The second-order valence-corrected chi connectivity index (χ2v) is 6.43. The normalized spacial score (nSPS) is 15.4. The Morgan fingerprint density at radius 1 is 1.11 bits per heavy atom. The molecule has 3 rings (SSSR count). The van der Waals surface area contributed by atoms with Gasteiger partial charge in [0.25, 0.3) is 11.6 Å². The topological polar surface area (TPSA) is 131 Å². The second-order valence-electron chi connectivity index (χ2n) is 6.43. The number of carbonyl (C=O) groups excluding carboxylic acids is 1. The third kappa shape index (κ3) is 4.09. The molecule has 3 N–H and O–H groups in total. The van der Waals surface area contributed by atoms with Crippen molar-refractivity contribution in [3.8, 4) is 0 Å². The van der Waals surface area contributed by atoms with E-state index in [0.717, 1.165) is 6.07 Å². The highest BCUT2D eigenvalue weighted by molar-refractivity contribution is 5.99. The van der Waals surface area contributed by atoms with Crippen molar-refractivity contribution in [3.05, 3.63) is 64.2 Å². The Morgan fingerprint density at radius 3 is 2.39 bits per heavy atom. The molecule has 1 fully saturated rings.